The average molecular weight is 435 g/mol. The number of aromatic hydroxyl groups is 1. The van der Waals surface area contributed by atoms with Gasteiger partial charge in [0.2, 0.25) is 0 Å². The van der Waals surface area contributed by atoms with Crippen LogP contribution in [0.15, 0.2) is 47.9 Å². The lowest BCUT2D eigenvalue weighted by Crippen LogP contribution is -2.39. The summed E-state index contributed by atoms with van der Waals surface area (Å²) in [4.78, 5) is 32.6. The van der Waals surface area contributed by atoms with E-state index in [-0.39, 0.29) is 28.5 Å². The van der Waals surface area contributed by atoms with E-state index in [1.54, 1.807) is 24.4 Å². The summed E-state index contributed by atoms with van der Waals surface area (Å²) in [6.45, 7) is 5.97. The van der Waals surface area contributed by atoms with Crippen LogP contribution in [-0.2, 0) is 6.42 Å². The molecule has 7 heteroatoms. The van der Waals surface area contributed by atoms with Gasteiger partial charge in [-0.1, -0.05) is 25.1 Å². The summed E-state index contributed by atoms with van der Waals surface area (Å²) in [5.41, 5.74) is 1.17. The van der Waals surface area contributed by atoms with Crippen molar-refractivity contribution in [3.8, 4) is 16.9 Å². The Bertz CT molecular complexity index is 1230. The highest BCUT2D eigenvalue weighted by Crippen LogP contribution is 2.35. The van der Waals surface area contributed by atoms with Gasteiger partial charge in [0.25, 0.3) is 11.5 Å². The van der Waals surface area contributed by atoms with Crippen LogP contribution in [0.5, 0.6) is 5.75 Å². The highest BCUT2D eigenvalue weighted by Gasteiger charge is 2.26. The Hall–Kier alpha value is -3.48. The Labute approximate surface area is 185 Å². The lowest BCUT2D eigenvalue weighted by Gasteiger charge is -2.27. The third kappa shape index (κ3) is 4.15. The van der Waals surface area contributed by atoms with Crippen molar-refractivity contribution in [1.82, 2.24) is 15.3 Å². The van der Waals surface area contributed by atoms with Crippen molar-refractivity contribution in [2.24, 2.45) is 5.92 Å². The number of hydrogen-bond acceptors (Lipinski definition) is 4. The molecule has 3 aromatic rings. The van der Waals surface area contributed by atoms with Gasteiger partial charge in [-0.15, -0.1) is 6.58 Å². The number of rotatable bonds is 5. The molecule has 1 aromatic carbocycles. The minimum atomic E-state index is -0.691. The first-order valence-corrected chi connectivity index (χ1v) is 10.8. The molecule has 1 amide bonds. The normalized spacial score (nSPS) is 18.4. The summed E-state index contributed by atoms with van der Waals surface area (Å²) in [6.07, 6.45) is 7.29. The summed E-state index contributed by atoms with van der Waals surface area (Å²) in [6, 6.07) is 5.89. The second kappa shape index (κ2) is 8.94. The molecule has 32 heavy (non-hydrogen) atoms. The van der Waals surface area contributed by atoms with Gasteiger partial charge in [0.05, 0.1) is 5.39 Å². The van der Waals surface area contributed by atoms with E-state index < -0.39 is 17.2 Å². The van der Waals surface area contributed by atoms with Crippen LogP contribution < -0.4 is 10.9 Å². The molecule has 4 rings (SSSR count). The number of aromatic amines is 1. The molecule has 0 spiro atoms. The van der Waals surface area contributed by atoms with Crippen LogP contribution in [0.25, 0.3) is 22.2 Å². The summed E-state index contributed by atoms with van der Waals surface area (Å²) in [5, 5.41) is 14.3. The van der Waals surface area contributed by atoms with Crippen LogP contribution in [0.2, 0.25) is 0 Å². The average Bonchev–Trinajstić information content (AvgIpc) is 2.76. The number of benzene rings is 1. The molecule has 2 aromatic heterocycles. The van der Waals surface area contributed by atoms with E-state index >= 15 is 0 Å². The number of aromatic nitrogens is 2. The summed E-state index contributed by atoms with van der Waals surface area (Å²) < 4.78 is 13.4. The van der Waals surface area contributed by atoms with E-state index in [0.717, 1.165) is 25.7 Å². The number of pyridine rings is 2. The number of H-pyrrole nitrogens is 1. The van der Waals surface area contributed by atoms with Gasteiger partial charge in [-0.3, -0.25) is 9.59 Å². The minimum absolute atomic E-state index is 0.0236. The van der Waals surface area contributed by atoms with Crippen molar-refractivity contribution in [2.75, 3.05) is 0 Å². The van der Waals surface area contributed by atoms with E-state index in [0.29, 0.717) is 29.0 Å². The van der Waals surface area contributed by atoms with Crippen molar-refractivity contribution in [3.63, 3.8) is 0 Å². The smallest absolute Gasteiger partial charge is 0.266 e. The quantitative estimate of drug-likeness (QED) is 0.515. The van der Waals surface area contributed by atoms with Crippen LogP contribution in [0, 0.1) is 11.7 Å². The predicted octanol–water partition coefficient (Wildman–Crippen LogP) is 4.47. The standard InChI is InChI=1S/C25H26FN3O3/c1-3-4-18-19(15-7-9-16(26)10-8-15)13-27-23-20(18)22(30)21(25(32)29-23)24(31)28-17-11-5-14(2)6-12-17/h3,7-10,13-14,17H,1,4-6,11-12H2,2H3,(H,28,31)(H2,27,29,30,32). The molecule has 2 heterocycles. The fourth-order valence-corrected chi connectivity index (χ4v) is 4.41. The van der Waals surface area contributed by atoms with Crippen molar-refractivity contribution >= 4 is 16.9 Å². The zero-order valence-electron chi connectivity index (χ0n) is 18.0. The monoisotopic (exact) mass is 435 g/mol. The number of allylic oxidation sites excluding steroid dienone is 1. The maximum atomic E-state index is 13.4. The van der Waals surface area contributed by atoms with Crippen LogP contribution in [0.1, 0.15) is 48.5 Å². The number of amides is 1. The Balaban J connectivity index is 1.82. The Morgan fingerprint density at radius 3 is 2.62 bits per heavy atom. The van der Waals surface area contributed by atoms with Gasteiger partial charge in [0.1, 0.15) is 22.8 Å². The number of halogens is 1. The molecular formula is C25H26FN3O3. The molecule has 0 unspecified atom stereocenters. The van der Waals surface area contributed by atoms with Crippen molar-refractivity contribution in [3.05, 3.63) is 70.4 Å². The molecule has 1 saturated carbocycles. The van der Waals surface area contributed by atoms with Crippen LogP contribution in [0.3, 0.4) is 0 Å². The highest BCUT2D eigenvalue weighted by molar-refractivity contribution is 6.03. The number of fused-ring (bicyclic) bond motifs is 1. The summed E-state index contributed by atoms with van der Waals surface area (Å²) in [5.74, 6) is -0.741. The Kier molecular flexibility index (Phi) is 6.08. The minimum Gasteiger partial charge on any atom is -0.506 e. The second-order valence-electron chi connectivity index (χ2n) is 8.48. The third-order valence-corrected chi connectivity index (χ3v) is 6.20. The van der Waals surface area contributed by atoms with Gasteiger partial charge in [0.15, 0.2) is 0 Å². The van der Waals surface area contributed by atoms with E-state index in [1.165, 1.54) is 12.1 Å². The largest absolute Gasteiger partial charge is 0.506 e. The van der Waals surface area contributed by atoms with Crippen molar-refractivity contribution in [1.29, 1.82) is 0 Å². The number of carbonyl (C=O) groups is 1. The first kappa shape index (κ1) is 21.7. The molecular weight excluding hydrogens is 409 g/mol. The van der Waals surface area contributed by atoms with E-state index in [1.807, 2.05) is 0 Å². The van der Waals surface area contributed by atoms with E-state index in [4.69, 9.17) is 0 Å². The summed E-state index contributed by atoms with van der Waals surface area (Å²) >= 11 is 0. The predicted molar refractivity (Wildman–Crippen MR) is 122 cm³/mol. The van der Waals surface area contributed by atoms with E-state index in [2.05, 4.69) is 28.8 Å². The first-order chi connectivity index (χ1) is 15.4. The van der Waals surface area contributed by atoms with Crippen LogP contribution in [-0.4, -0.2) is 27.0 Å². The van der Waals surface area contributed by atoms with Crippen LogP contribution >= 0.6 is 0 Å². The number of carbonyl (C=O) groups excluding carboxylic acids is 1. The molecule has 0 bridgehead atoms. The second-order valence-corrected chi connectivity index (χ2v) is 8.48. The first-order valence-electron chi connectivity index (χ1n) is 10.8. The van der Waals surface area contributed by atoms with Crippen molar-refractivity contribution in [2.45, 2.75) is 45.1 Å². The van der Waals surface area contributed by atoms with Gasteiger partial charge >= 0.3 is 0 Å². The molecule has 1 aliphatic carbocycles. The number of nitrogens with one attached hydrogen (secondary N) is 2. The maximum absolute atomic E-state index is 13.4. The van der Waals surface area contributed by atoms with Gasteiger partial charge in [-0.25, -0.2) is 9.37 Å². The summed E-state index contributed by atoms with van der Waals surface area (Å²) in [7, 11) is 0. The molecule has 166 valence electrons. The fourth-order valence-electron chi connectivity index (χ4n) is 4.41. The van der Waals surface area contributed by atoms with Gasteiger partial charge in [-0.2, -0.15) is 0 Å². The SMILES string of the molecule is C=CCc1c(-c2ccc(F)cc2)cnc2[nH]c(=O)c(C(=O)NC3CCC(C)CC3)c(O)c12. The zero-order chi connectivity index (χ0) is 22.8. The molecule has 0 aliphatic heterocycles. The molecule has 3 N–H and O–H groups in total. The number of hydrogen-bond donors (Lipinski definition) is 3. The highest BCUT2D eigenvalue weighted by atomic mass is 19.1. The van der Waals surface area contributed by atoms with Crippen LogP contribution in [0.4, 0.5) is 4.39 Å². The fraction of sp³-hybridized carbons (Fsp3) is 0.320. The molecule has 1 aliphatic rings. The van der Waals surface area contributed by atoms with Gasteiger partial charge < -0.3 is 15.4 Å². The molecule has 6 nitrogen and oxygen atoms in total. The molecule has 1 fully saturated rings. The lowest BCUT2D eigenvalue weighted by atomic mass is 9.87. The van der Waals surface area contributed by atoms with Gasteiger partial charge in [0, 0.05) is 17.8 Å². The Morgan fingerprint density at radius 2 is 1.97 bits per heavy atom. The van der Waals surface area contributed by atoms with E-state index in [9.17, 15) is 19.1 Å². The van der Waals surface area contributed by atoms with Crippen molar-refractivity contribution < 1.29 is 14.3 Å². The Morgan fingerprint density at radius 1 is 1.28 bits per heavy atom. The third-order valence-electron chi connectivity index (χ3n) is 6.20. The lowest BCUT2D eigenvalue weighted by molar-refractivity contribution is 0.0919. The molecule has 0 atom stereocenters. The topological polar surface area (TPSA) is 95.1 Å². The van der Waals surface area contributed by atoms with Gasteiger partial charge in [-0.05, 0) is 61.3 Å². The number of nitrogens with zero attached hydrogens (tertiary/aromatic N) is 1. The zero-order valence-corrected chi connectivity index (χ0v) is 18.0. The maximum Gasteiger partial charge on any atom is 0.266 e. The molecule has 0 radical (unpaired) electrons. The molecule has 0 saturated heterocycles.